The lowest BCUT2D eigenvalue weighted by Gasteiger charge is -2.14. The number of benzene rings is 3. The second-order valence-electron chi connectivity index (χ2n) is 7.38. The van der Waals surface area contributed by atoms with Crippen molar-refractivity contribution < 1.29 is 28.5 Å². The van der Waals surface area contributed by atoms with Gasteiger partial charge in [-0.2, -0.15) is 5.10 Å². The number of hydrogen-bond donors (Lipinski definition) is 2. The summed E-state index contributed by atoms with van der Waals surface area (Å²) in [6, 6.07) is 15.1. The summed E-state index contributed by atoms with van der Waals surface area (Å²) < 4.78 is 22.6. The van der Waals surface area contributed by atoms with Crippen molar-refractivity contribution in [3.8, 4) is 23.0 Å². The number of carbonyl (C=O) groups is 2. The van der Waals surface area contributed by atoms with Gasteiger partial charge in [0.2, 0.25) is 0 Å². The lowest BCUT2D eigenvalue weighted by molar-refractivity contribution is -0.118. The fraction of sp³-hybridized carbons (Fsp3) is 0.192. The van der Waals surface area contributed by atoms with Crippen LogP contribution in [0.2, 0.25) is 5.02 Å². The Balaban J connectivity index is 1.66. The van der Waals surface area contributed by atoms with E-state index in [1.165, 1.54) is 20.4 Å². The number of hydrogen-bond acceptors (Lipinski definition) is 7. The predicted molar refractivity (Wildman–Crippen MR) is 151 cm³/mol. The Morgan fingerprint density at radius 3 is 2.38 bits per heavy atom. The smallest absolute Gasteiger partial charge is 0.271 e. The van der Waals surface area contributed by atoms with Gasteiger partial charge in [0.1, 0.15) is 0 Å². The number of nitrogens with zero attached hydrogens (tertiary/aromatic N) is 1. The average Bonchev–Trinajstić information content (AvgIpc) is 2.89. The van der Waals surface area contributed by atoms with Crippen LogP contribution in [0.3, 0.4) is 0 Å². The van der Waals surface area contributed by atoms with Crippen LogP contribution in [0.15, 0.2) is 59.7 Å². The first-order valence-corrected chi connectivity index (χ1v) is 12.5. The van der Waals surface area contributed by atoms with Gasteiger partial charge in [-0.05, 0) is 89.7 Å². The van der Waals surface area contributed by atoms with Crippen LogP contribution in [0.5, 0.6) is 23.0 Å². The van der Waals surface area contributed by atoms with Gasteiger partial charge in [0.25, 0.3) is 11.8 Å². The summed E-state index contributed by atoms with van der Waals surface area (Å²) in [5, 5.41) is 7.37. The Kier molecular flexibility index (Phi) is 10.4. The molecule has 0 atom stereocenters. The minimum absolute atomic E-state index is 0.215. The van der Waals surface area contributed by atoms with Gasteiger partial charge < -0.3 is 24.3 Å². The standard InChI is InChI=1S/C26H25ClIN3O6/c1-4-36-23-12-16(14-29-31-26(33)17-5-10-21(34-2)22(13-17)35-3)11-20(28)25(23)37-15-24(32)30-19-8-6-18(27)7-9-19/h5-14H,4,15H2,1-3H3,(H,30,32)(H,31,33)/b29-14+. The van der Waals surface area contributed by atoms with Crippen molar-refractivity contribution in [2.24, 2.45) is 5.10 Å². The maximum Gasteiger partial charge on any atom is 0.271 e. The van der Waals surface area contributed by atoms with Crippen LogP contribution in [0.25, 0.3) is 0 Å². The number of carbonyl (C=O) groups excluding carboxylic acids is 2. The number of ether oxygens (including phenoxy) is 4. The third-order valence-electron chi connectivity index (χ3n) is 4.83. The molecule has 3 aromatic carbocycles. The zero-order valence-electron chi connectivity index (χ0n) is 20.3. The summed E-state index contributed by atoms with van der Waals surface area (Å²) in [7, 11) is 3.01. The summed E-state index contributed by atoms with van der Waals surface area (Å²) in [5.74, 6) is 1.09. The highest BCUT2D eigenvalue weighted by Crippen LogP contribution is 2.34. The fourth-order valence-electron chi connectivity index (χ4n) is 3.14. The molecule has 37 heavy (non-hydrogen) atoms. The molecule has 0 fully saturated rings. The molecule has 2 amide bonds. The molecule has 2 N–H and O–H groups in total. The van der Waals surface area contributed by atoms with Crippen LogP contribution >= 0.6 is 34.2 Å². The Labute approximate surface area is 233 Å². The van der Waals surface area contributed by atoms with Crippen molar-refractivity contribution in [1.29, 1.82) is 0 Å². The Hall–Kier alpha value is -3.51. The van der Waals surface area contributed by atoms with Gasteiger partial charge in [-0.25, -0.2) is 5.43 Å². The molecule has 0 unspecified atom stereocenters. The lowest BCUT2D eigenvalue weighted by atomic mass is 10.2. The van der Waals surface area contributed by atoms with Gasteiger partial charge in [0.05, 0.1) is 30.6 Å². The largest absolute Gasteiger partial charge is 0.493 e. The van der Waals surface area contributed by atoms with E-state index in [9.17, 15) is 9.59 Å². The van der Waals surface area contributed by atoms with Crippen LogP contribution in [0, 0.1) is 3.57 Å². The third-order valence-corrected chi connectivity index (χ3v) is 5.89. The van der Waals surface area contributed by atoms with Crippen molar-refractivity contribution in [2.75, 3.05) is 32.8 Å². The van der Waals surface area contributed by atoms with Gasteiger partial charge in [-0.3, -0.25) is 9.59 Å². The van der Waals surface area contributed by atoms with Gasteiger partial charge in [-0.1, -0.05) is 11.6 Å². The molecule has 0 saturated carbocycles. The highest BCUT2D eigenvalue weighted by molar-refractivity contribution is 14.1. The molecule has 194 valence electrons. The second-order valence-corrected chi connectivity index (χ2v) is 8.97. The monoisotopic (exact) mass is 637 g/mol. The molecule has 0 bridgehead atoms. The topological polar surface area (TPSA) is 107 Å². The summed E-state index contributed by atoms with van der Waals surface area (Å²) in [5.41, 5.74) is 4.12. The number of anilines is 1. The SMILES string of the molecule is CCOc1cc(/C=N/NC(=O)c2ccc(OC)c(OC)c2)cc(I)c1OCC(=O)Nc1ccc(Cl)cc1. The van der Waals surface area contributed by atoms with Crippen molar-refractivity contribution in [1.82, 2.24) is 5.43 Å². The zero-order chi connectivity index (χ0) is 26.8. The fourth-order valence-corrected chi connectivity index (χ4v) is 4.05. The number of halogens is 2. The van der Waals surface area contributed by atoms with E-state index in [-0.39, 0.29) is 12.5 Å². The Bertz CT molecular complexity index is 1280. The van der Waals surface area contributed by atoms with Crippen molar-refractivity contribution >= 4 is 57.9 Å². The van der Waals surface area contributed by atoms with Crippen LogP contribution in [0.4, 0.5) is 5.69 Å². The van der Waals surface area contributed by atoms with E-state index >= 15 is 0 Å². The first kappa shape index (κ1) is 28.1. The molecule has 0 radical (unpaired) electrons. The number of hydrazone groups is 1. The zero-order valence-corrected chi connectivity index (χ0v) is 23.3. The van der Waals surface area contributed by atoms with Crippen LogP contribution in [-0.2, 0) is 4.79 Å². The maximum atomic E-state index is 12.5. The lowest BCUT2D eigenvalue weighted by Crippen LogP contribution is -2.20. The van der Waals surface area contributed by atoms with E-state index in [0.29, 0.717) is 55.0 Å². The highest BCUT2D eigenvalue weighted by Gasteiger charge is 2.14. The highest BCUT2D eigenvalue weighted by atomic mass is 127. The molecule has 0 aliphatic carbocycles. The minimum atomic E-state index is -0.413. The summed E-state index contributed by atoms with van der Waals surface area (Å²) >= 11 is 7.96. The van der Waals surface area contributed by atoms with Crippen molar-refractivity contribution in [3.05, 3.63) is 74.3 Å². The Morgan fingerprint density at radius 1 is 0.973 bits per heavy atom. The van der Waals surface area contributed by atoms with E-state index in [2.05, 4.69) is 38.4 Å². The molecule has 9 nitrogen and oxygen atoms in total. The van der Waals surface area contributed by atoms with E-state index in [0.717, 1.165) is 0 Å². The third kappa shape index (κ3) is 7.99. The van der Waals surface area contributed by atoms with Crippen molar-refractivity contribution in [2.45, 2.75) is 6.92 Å². The molecule has 0 heterocycles. The predicted octanol–water partition coefficient (Wildman–Crippen LogP) is 5.14. The number of nitrogens with one attached hydrogen (secondary N) is 2. The van der Waals surface area contributed by atoms with Gasteiger partial charge in [0, 0.05) is 16.3 Å². The molecule has 3 aromatic rings. The Morgan fingerprint density at radius 2 is 1.70 bits per heavy atom. The van der Waals surface area contributed by atoms with Gasteiger partial charge in [0.15, 0.2) is 29.6 Å². The second kappa shape index (κ2) is 13.7. The summed E-state index contributed by atoms with van der Waals surface area (Å²) in [6.07, 6.45) is 1.49. The molecule has 0 aliphatic heterocycles. The van der Waals surface area contributed by atoms with Crippen LogP contribution in [0.1, 0.15) is 22.8 Å². The first-order chi connectivity index (χ1) is 17.8. The molecule has 0 aliphatic rings. The molecule has 0 spiro atoms. The quantitative estimate of drug-likeness (QED) is 0.171. The average molecular weight is 638 g/mol. The first-order valence-electron chi connectivity index (χ1n) is 11.0. The number of rotatable bonds is 11. The van der Waals surface area contributed by atoms with E-state index in [4.69, 9.17) is 30.5 Å². The summed E-state index contributed by atoms with van der Waals surface area (Å²) in [6.45, 7) is 2.02. The molecular formula is C26H25ClIN3O6. The van der Waals surface area contributed by atoms with Gasteiger partial charge >= 0.3 is 0 Å². The summed E-state index contributed by atoms with van der Waals surface area (Å²) in [4.78, 5) is 24.8. The number of amides is 2. The van der Waals surface area contributed by atoms with E-state index < -0.39 is 5.91 Å². The van der Waals surface area contributed by atoms with Crippen LogP contribution in [-0.4, -0.2) is 45.5 Å². The van der Waals surface area contributed by atoms with Crippen LogP contribution < -0.4 is 29.7 Å². The minimum Gasteiger partial charge on any atom is -0.493 e. The number of methoxy groups -OCH3 is 2. The molecule has 11 heteroatoms. The molecule has 0 saturated heterocycles. The molecule has 3 rings (SSSR count). The normalized spacial score (nSPS) is 10.6. The van der Waals surface area contributed by atoms with E-state index in [1.807, 2.05) is 6.92 Å². The molecule has 0 aromatic heterocycles. The maximum absolute atomic E-state index is 12.5. The van der Waals surface area contributed by atoms with Gasteiger partial charge in [-0.15, -0.1) is 0 Å². The van der Waals surface area contributed by atoms with Crippen molar-refractivity contribution in [3.63, 3.8) is 0 Å². The van der Waals surface area contributed by atoms with E-state index in [1.54, 1.807) is 54.6 Å². The molecular weight excluding hydrogens is 613 g/mol.